The molecule has 0 aromatic heterocycles. The predicted molar refractivity (Wildman–Crippen MR) is 66.7 cm³/mol. The minimum absolute atomic E-state index is 0.504. The van der Waals surface area contributed by atoms with E-state index in [0.29, 0.717) is 0 Å². The number of halogens is 1. The molecule has 82 valence electrons. The maximum absolute atomic E-state index is 10.4. The number of hydrogen-bond acceptors (Lipinski definition) is 2. The van der Waals surface area contributed by atoms with E-state index in [-0.39, 0.29) is 0 Å². The molecule has 0 atom stereocenters. The molecule has 0 unspecified atom stereocenters. The quantitative estimate of drug-likeness (QED) is 0.860. The van der Waals surface area contributed by atoms with Crippen molar-refractivity contribution < 1.29 is 5.11 Å². The summed E-state index contributed by atoms with van der Waals surface area (Å²) in [6.07, 6.45) is 2.52. The van der Waals surface area contributed by atoms with Crippen LogP contribution in [0.15, 0.2) is 24.3 Å². The molecule has 3 heteroatoms. The van der Waals surface area contributed by atoms with E-state index >= 15 is 0 Å². The van der Waals surface area contributed by atoms with Crippen LogP contribution in [0.1, 0.15) is 18.4 Å². The SMILES string of the molecule is OC1(Cc2cccc(Cl)c2)CCSCC1. The van der Waals surface area contributed by atoms with Crippen LogP contribution in [0.3, 0.4) is 0 Å². The molecule has 0 amide bonds. The van der Waals surface area contributed by atoms with Crippen molar-refractivity contribution in [2.45, 2.75) is 24.9 Å². The molecule has 1 N–H and O–H groups in total. The van der Waals surface area contributed by atoms with E-state index in [4.69, 9.17) is 11.6 Å². The Bertz CT molecular complexity index is 334. The topological polar surface area (TPSA) is 20.2 Å². The van der Waals surface area contributed by atoms with Crippen LogP contribution >= 0.6 is 23.4 Å². The van der Waals surface area contributed by atoms with E-state index in [1.807, 2.05) is 36.0 Å². The zero-order chi connectivity index (χ0) is 10.7. The molecule has 0 radical (unpaired) electrons. The molecule has 1 heterocycles. The highest BCUT2D eigenvalue weighted by atomic mass is 35.5. The van der Waals surface area contributed by atoms with E-state index in [0.717, 1.165) is 41.4 Å². The number of benzene rings is 1. The Kier molecular flexibility index (Phi) is 3.60. The van der Waals surface area contributed by atoms with Crippen LogP contribution in [-0.2, 0) is 6.42 Å². The van der Waals surface area contributed by atoms with Gasteiger partial charge in [0.05, 0.1) is 5.60 Å². The van der Waals surface area contributed by atoms with Gasteiger partial charge in [-0.25, -0.2) is 0 Å². The number of aliphatic hydroxyl groups is 1. The summed E-state index contributed by atoms with van der Waals surface area (Å²) in [4.78, 5) is 0. The fourth-order valence-electron chi connectivity index (χ4n) is 1.96. The van der Waals surface area contributed by atoms with Crippen LogP contribution in [0.4, 0.5) is 0 Å². The Balaban J connectivity index is 2.06. The van der Waals surface area contributed by atoms with Crippen LogP contribution in [0.5, 0.6) is 0 Å². The van der Waals surface area contributed by atoms with Crippen molar-refractivity contribution in [3.8, 4) is 0 Å². The van der Waals surface area contributed by atoms with Gasteiger partial charge >= 0.3 is 0 Å². The zero-order valence-electron chi connectivity index (χ0n) is 8.58. The first-order valence-electron chi connectivity index (χ1n) is 5.23. The first-order chi connectivity index (χ1) is 7.18. The lowest BCUT2D eigenvalue weighted by molar-refractivity contribution is 0.0324. The molecule has 2 rings (SSSR count). The molecule has 0 bridgehead atoms. The van der Waals surface area contributed by atoms with Crippen LogP contribution in [0.25, 0.3) is 0 Å². The van der Waals surface area contributed by atoms with Crippen molar-refractivity contribution in [2.75, 3.05) is 11.5 Å². The van der Waals surface area contributed by atoms with Crippen LogP contribution in [-0.4, -0.2) is 22.2 Å². The molecule has 1 aromatic rings. The minimum Gasteiger partial charge on any atom is -0.389 e. The smallest absolute Gasteiger partial charge is 0.0703 e. The van der Waals surface area contributed by atoms with Gasteiger partial charge < -0.3 is 5.11 Å². The van der Waals surface area contributed by atoms with Gasteiger partial charge in [-0.2, -0.15) is 11.8 Å². The average Bonchev–Trinajstić information content (AvgIpc) is 2.18. The molecule has 1 fully saturated rings. The highest BCUT2D eigenvalue weighted by molar-refractivity contribution is 7.99. The lowest BCUT2D eigenvalue weighted by atomic mass is 9.89. The summed E-state index contributed by atoms with van der Waals surface area (Å²) in [7, 11) is 0. The second-order valence-electron chi connectivity index (χ2n) is 4.14. The van der Waals surface area contributed by atoms with Crippen molar-refractivity contribution in [1.82, 2.24) is 0 Å². The summed E-state index contributed by atoms with van der Waals surface area (Å²) in [5.74, 6) is 2.13. The molecule has 1 aromatic carbocycles. The van der Waals surface area contributed by atoms with Crippen molar-refractivity contribution in [3.63, 3.8) is 0 Å². The lowest BCUT2D eigenvalue weighted by Gasteiger charge is -2.31. The average molecular weight is 243 g/mol. The summed E-state index contributed by atoms with van der Waals surface area (Å²) in [6, 6.07) is 7.79. The third-order valence-electron chi connectivity index (χ3n) is 2.85. The first-order valence-corrected chi connectivity index (χ1v) is 6.76. The van der Waals surface area contributed by atoms with Gasteiger partial charge in [0.1, 0.15) is 0 Å². The zero-order valence-corrected chi connectivity index (χ0v) is 10.2. The Hall–Kier alpha value is -0.180. The largest absolute Gasteiger partial charge is 0.389 e. The van der Waals surface area contributed by atoms with Crippen molar-refractivity contribution >= 4 is 23.4 Å². The fourth-order valence-corrected chi connectivity index (χ4v) is 3.42. The van der Waals surface area contributed by atoms with Crippen molar-refractivity contribution in [1.29, 1.82) is 0 Å². The molecule has 0 saturated carbocycles. The first kappa shape index (κ1) is 11.3. The Morgan fingerprint density at radius 1 is 1.33 bits per heavy atom. The molecule has 1 aliphatic rings. The van der Waals surface area contributed by atoms with Crippen LogP contribution < -0.4 is 0 Å². The Morgan fingerprint density at radius 2 is 2.07 bits per heavy atom. The monoisotopic (exact) mass is 242 g/mol. The highest BCUT2D eigenvalue weighted by Gasteiger charge is 2.29. The Labute approximate surface area is 99.8 Å². The van der Waals surface area contributed by atoms with E-state index in [2.05, 4.69) is 0 Å². The van der Waals surface area contributed by atoms with Gasteiger partial charge in [-0.05, 0) is 42.0 Å². The van der Waals surface area contributed by atoms with E-state index in [1.165, 1.54) is 0 Å². The third-order valence-corrected chi connectivity index (χ3v) is 4.07. The summed E-state index contributed by atoms with van der Waals surface area (Å²) in [5.41, 5.74) is 0.632. The molecular formula is C12H15ClOS. The van der Waals surface area contributed by atoms with Gasteiger partial charge in [0.2, 0.25) is 0 Å². The summed E-state index contributed by atoms with van der Waals surface area (Å²) >= 11 is 7.85. The van der Waals surface area contributed by atoms with Gasteiger partial charge in [0.15, 0.2) is 0 Å². The van der Waals surface area contributed by atoms with E-state index in [9.17, 15) is 5.11 Å². The molecule has 0 aliphatic carbocycles. The van der Waals surface area contributed by atoms with Gasteiger partial charge in [0.25, 0.3) is 0 Å². The Morgan fingerprint density at radius 3 is 2.73 bits per heavy atom. The molecule has 15 heavy (non-hydrogen) atoms. The maximum atomic E-state index is 10.4. The van der Waals surface area contributed by atoms with E-state index in [1.54, 1.807) is 0 Å². The van der Waals surface area contributed by atoms with Crippen molar-refractivity contribution in [3.05, 3.63) is 34.9 Å². The predicted octanol–water partition coefficient (Wildman–Crippen LogP) is 3.14. The van der Waals surface area contributed by atoms with Gasteiger partial charge in [-0.15, -0.1) is 0 Å². The van der Waals surface area contributed by atoms with Crippen LogP contribution in [0, 0.1) is 0 Å². The summed E-state index contributed by atoms with van der Waals surface area (Å²) in [5, 5.41) is 11.1. The number of thioether (sulfide) groups is 1. The third kappa shape index (κ3) is 3.13. The molecule has 1 saturated heterocycles. The molecule has 0 spiro atoms. The standard InChI is InChI=1S/C12H15ClOS/c13-11-3-1-2-10(8-11)9-12(14)4-6-15-7-5-12/h1-3,8,14H,4-7,9H2. The van der Waals surface area contributed by atoms with Gasteiger partial charge in [-0.3, -0.25) is 0 Å². The van der Waals surface area contributed by atoms with Gasteiger partial charge in [-0.1, -0.05) is 23.7 Å². The molecule has 1 nitrogen and oxygen atoms in total. The summed E-state index contributed by atoms with van der Waals surface area (Å²) in [6.45, 7) is 0. The van der Waals surface area contributed by atoms with Gasteiger partial charge in [0, 0.05) is 11.4 Å². The second-order valence-corrected chi connectivity index (χ2v) is 5.80. The normalized spacial score (nSPS) is 20.1. The number of hydrogen-bond donors (Lipinski definition) is 1. The van der Waals surface area contributed by atoms with Crippen molar-refractivity contribution in [2.24, 2.45) is 0 Å². The highest BCUT2D eigenvalue weighted by Crippen LogP contribution is 2.30. The van der Waals surface area contributed by atoms with E-state index < -0.39 is 5.60 Å². The minimum atomic E-state index is -0.504. The maximum Gasteiger partial charge on any atom is 0.0703 e. The summed E-state index contributed by atoms with van der Waals surface area (Å²) < 4.78 is 0. The second kappa shape index (κ2) is 4.77. The molecular weight excluding hydrogens is 228 g/mol. The van der Waals surface area contributed by atoms with Crippen LogP contribution in [0.2, 0.25) is 5.02 Å². The fraction of sp³-hybridized carbons (Fsp3) is 0.500. The lowest BCUT2D eigenvalue weighted by Crippen LogP contribution is -2.35. The molecule has 1 aliphatic heterocycles. The number of rotatable bonds is 2.